The molecule has 3 aromatic carbocycles. The molecule has 0 saturated heterocycles. The molecule has 5 rings (SSSR count). The van der Waals surface area contributed by atoms with Crippen molar-refractivity contribution in [2.45, 2.75) is 70.9 Å². The first-order valence-corrected chi connectivity index (χ1v) is 16.6. The van der Waals surface area contributed by atoms with E-state index < -0.39 is 15.9 Å². The summed E-state index contributed by atoms with van der Waals surface area (Å²) in [6, 6.07) is 20.9. The van der Waals surface area contributed by atoms with Gasteiger partial charge in [-0.2, -0.15) is 0 Å². The Morgan fingerprint density at radius 1 is 0.952 bits per heavy atom. The van der Waals surface area contributed by atoms with Gasteiger partial charge in [0, 0.05) is 30.1 Å². The predicted octanol–water partition coefficient (Wildman–Crippen LogP) is 5.85. The minimum absolute atomic E-state index is 0.0328. The summed E-state index contributed by atoms with van der Waals surface area (Å²) in [6.45, 7) is 2.74. The normalized spacial score (nSPS) is 14.1. The van der Waals surface area contributed by atoms with E-state index in [1.807, 2.05) is 48.5 Å². The van der Waals surface area contributed by atoms with Crippen LogP contribution in [0.2, 0.25) is 0 Å². The Balaban J connectivity index is 1.42. The van der Waals surface area contributed by atoms with Crippen molar-refractivity contribution in [2.24, 2.45) is 0 Å². The molecule has 1 aromatic heterocycles. The molecule has 0 atom stereocenters. The third-order valence-corrected chi connectivity index (χ3v) is 8.40. The van der Waals surface area contributed by atoms with Gasteiger partial charge in [0.05, 0.1) is 17.3 Å². The summed E-state index contributed by atoms with van der Waals surface area (Å²) in [7, 11) is -3.68. The van der Waals surface area contributed by atoms with Gasteiger partial charge in [0.15, 0.2) is 0 Å². The standard InChI is InChI=1S/C33H38N4O4S/c1-3-4-14-31-35-29-20-19-25(32(38)34-26-10-6-5-7-11-26)21-30(29)37(31)22-23-15-17-24(18-16-23)27-12-8-9-13-28(27)33(39)36-42(2,40)41/h8-9,12-13,15-21,26H,3-7,10-11,14,22H2,1-2H3,(H,34,38)(H,36,39). The molecule has 2 amide bonds. The fourth-order valence-corrected chi connectivity index (χ4v) is 6.11. The smallest absolute Gasteiger partial charge is 0.265 e. The zero-order valence-electron chi connectivity index (χ0n) is 24.2. The average Bonchev–Trinajstić information content (AvgIpc) is 3.32. The van der Waals surface area contributed by atoms with Gasteiger partial charge in [0.25, 0.3) is 11.8 Å². The molecule has 0 aliphatic heterocycles. The molecule has 0 spiro atoms. The molecule has 220 valence electrons. The first-order valence-electron chi connectivity index (χ1n) is 14.7. The van der Waals surface area contributed by atoms with Gasteiger partial charge in [0.1, 0.15) is 5.82 Å². The summed E-state index contributed by atoms with van der Waals surface area (Å²) < 4.78 is 27.5. The molecule has 4 aromatic rings. The first kappa shape index (κ1) is 29.5. The lowest BCUT2D eigenvalue weighted by molar-refractivity contribution is 0.0926. The van der Waals surface area contributed by atoms with Crippen LogP contribution in [-0.2, 0) is 23.0 Å². The Morgan fingerprint density at radius 3 is 2.40 bits per heavy atom. The number of hydrogen-bond donors (Lipinski definition) is 2. The van der Waals surface area contributed by atoms with Crippen LogP contribution in [-0.4, -0.2) is 42.1 Å². The lowest BCUT2D eigenvalue weighted by atomic mass is 9.95. The molecule has 9 heteroatoms. The van der Waals surface area contributed by atoms with Crippen LogP contribution in [0.4, 0.5) is 0 Å². The van der Waals surface area contributed by atoms with Crippen molar-refractivity contribution >= 4 is 32.9 Å². The van der Waals surface area contributed by atoms with Crippen molar-refractivity contribution < 1.29 is 18.0 Å². The van der Waals surface area contributed by atoms with E-state index in [4.69, 9.17) is 4.98 Å². The number of carbonyl (C=O) groups is 2. The average molecular weight is 587 g/mol. The summed E-state index contributed by atoms with van der Waals surface area (Å²) in [5, 5.41) is 3.23. The second-order valence-corrected chi connectivity index (χ2v) is 12.9. The maximum absolute atomic E-state index is 13.1. The number of unbranched alkanes of at least 4 members (excludes halogenated alkanes) is 1. The molecule has 1 saturated carbocycles. The number of benzene rings is 3. The van der Waals surface area contributed by atoms with E-state index in [1.165, 1.54) is 6.42 Å². The van der Waals surface area contributed by atoms with Crippen molar-refractivity contribution in [2.75, 3.05) is 6.26 Å². The van der Waals surface area contributed by atoms with Gasteiger partial charge in [-0.15, -0.1) is 0 Å². The minimum atomic E-state index is -3.68. The molecule has 42 heavy (non-hydrogen) atoms. The predicted molar refractivity (Wildman–Crippen MR) is 166 cm³/mol. The van der Waals surface area contributed by atoms with Crippen LogP contribution >= 0.6 is 0 Å². The van der Waals surface area contributed by atoms with Gasteiger partial charge in [-0.3, -0.25) is 9.59 Å². The number of aromatic nitrogens is 2. The molecule has 1 heterocycles. The highest BCUT2D eigenvalue weighted by Gasteiger charge is 2.19. The summed E-state index contributed by atoms with van der Waals surface area (Å²) in [5.74, 6) is 0.295. The molecular formula is C33H38N4O4S. The Kier molecular flexibility index (Phi) is 9.06. The van der Waals surface area contributed by atoms with E-state index in [0.717, 1.165) is 79.2 Å². The van der Waals surface area contributed by atoms with E-state index in [2.05, 4.69) is 21.5 Å². The second kappa shape index (κ2) is 12.9. The number of amides is 2. The van der Waals surface area contributed by atoms with Crippen molar-refractivity contribution in [3.63, 3.8) is 0 Å². The summed E-state index contributed by atoms with van der Waals surface area (Å²) in [5.41, 5.74) is 5.25. The first-order chi connectivity index (χ1) is 20.2. The van der Waals surface area contributed by atoms with Gasteiger partial charge in [0.2, 0.25) is 10.0 Å². The Morgan fingerprint density at radius 2 is 1.69 bits per heavy atom. The molecule has 0 radical (unpaired) electrons. The van der Waals surface area contributed by atoms with Gasteiger partial charge in [-0.05, 0) is 60.2 Å². The van der Waals surface area contributed by atoms with E-state index in [9.17, 15) is 18.0 Å². The molecule has 0 bridgehead atoms. The quantitative estimate of drug-likeness (QED) is 0.242. The van der Waals surface area contributed by atoms with Gasteiger partial charge < -0.3 is 9.88 Å². The minimum Gasteiger partial charge on any atom is -0.349 e. The Hall–Kier alpha value is -3.98. The summed E-state index contributed by atoms with van der Waals surface area (Å²) in [6.07, 6.45) is 9.52. The third-order valence-electron chi connectivity index (χ3n) is 7.84. The third kappa shape index (κ3) is 7.07. The Labute approximate surface area is 247 Å². The number of nitrogens with one attached hydrogen (secondary N) is 2. The Bertz CT molecular complexity index is 1690. The number of imidazole rings is 1. The largest absolute Gasteiger partial charge is 0.349 e. The zero-order valence-corrected chi connectivity index (χ0v) is 25.0. The lowest BCUT2D eigenvalue weighted by Gasteiger charge is -2.22. The number of fused-ring (bicyclic) bond motifs is 1. The van der Waals surface area contributed by atoms with Crippen molar-refractivity contribution in [3.8, 4) is 11.1 Å². The lowest BCUT2D eigenvalue weighted by Crippen LogP contribution is -2.36. The van der Waals surface area contributed by atoms with E-state index >= 15 is 0 Å². The summed E-state index contributed by atoms with van der Waals surface area (Å²) in [4.78, 5) is 30.7. The number of sulfonamides is 1. The molecule has 2 N–H and O–H groups in total. The van der Waals surface area contributed by atoms with E-state index in [0.29, 0.717) is 17.7 Å². The molecule has 1 fully saturated rings. The van der Waals surface area contributed by atoms with Crippen LogP contribution in [0.3, 0.4) is 0 Å². The number of aryl methyl sites for hydroxylation is 1. The van der Waals surface area contributed by atoms with Crippen LogP contribution in [0.1, 0.15) is 84.0 Å². The highest BCUT2D eigenvalue weighted by molar-refractivity contribution is 7.89. The molecule has 0 unspecified atom stereocenters. The van der Waals surface area contributed by atoms with Gasteiger partial charge in [-0.1, -0.05) is 75.1 Å². The fraction of sp³-hybridized carbons (Fsp3) is 0.364. The molecule has 8 nitrogen and oxygen atoms in total. The van der Waals surface area contributed by atoms with Crippen LogP contribution in [0.25, 0.3) is 22.2 Å². The monoisotopic (exact) mass is 586 g/mol. The van der Waals surface area contributed by atoms with Gasteiger partial charge in [-0.25, -0.2) is 18.1 Å². The zero-order chi connectivity index (χ0) is 29.7. The van der Waals surface area contributed by atoms with Gasteiger partial charge >= 0.3 is 0 Å². The number of hydrogen-bond acceptors (Lipinski definition) is 5. The van der Waals surface area contributed by atoms with Crippen molar-refractivity contribution in [1.82, 2.24) is 19.6 Å². The second-order valence-electron chi connectivity index (χ2n) is 11.2. The highest BCUT2D eigenvalue weighted by Crippen LogP contribution is 2.26. The fourth-order valence-electron chi connectivity index (χ4n) is 5.66. The maximum Gasteiger partial charge on any atom is 0.265 e. The van der Waals surface area contributed by atoms with Crippen LogP contribution < -0.4 is 10.0 Å². The SMILES string of the molecule is CCCCc1nc2ccc(C(=O)NC3CCCCC3)cc2n1Cc1ccc(-c2ccccc2C(=O)NS(C)(=O)=O)cc1. The van der Waals surface area contributed by atoms with Crippen LogP contribution in [0.15, 0.2) is 66.7 Å². The number of rotatable bonds is 10. The molecular weight excluding hydrogens is 548 g/mol. The van der Waals surface area contributed by atoms with E-state index in [-0.39, 0.29) is 17.5 Å². The van der Waals surface area contributed by atoms with Crippen molar-refractivity contribution in [3.05, 3.63) is 89.2 Å². The number of nitrogens with zero attached hydrogens (tertiary/aromatic N) is 2. The molecule has 1 aliphatic carbocycles. The number of carbonyl (C=O) groups excluding carboxylic acids is 2. The molecule has 1 aliphatic rings. The van der Waals surface area contributed by atoms with Crippen LogP contribution in [0.5, 0.6) is 0 Å². The topological polar surface area (TPSA) is 110 Å². The maximum atomic E-state index is 13.1. The summed E-state index contributed by atoms with van der Waals surface area (Å²) >= 11 is 0. The highest BCUT2D eigenvalue weighted by atomic mass is 32.2. The van der Waals surface area contributed by atoms with E-state index in [1.54, 1.807) is 18.2 Å². The van der Waals surface area contributed by atoms with Crippen LogP contribution in [0, 0.1) is 0 Å². The van der Waals surface area contributed by atoms with Crippen molar-refractivity contribution in [1.29, 1.82) is 0 Å².